The minimum atomic E-state index is 0.360. The Kier molecular flexibility index (Phi) is 3.11. The van der Waals surface area contributed by atoms with E-state index in [1.807, 2.05) is 0 Å². The van der Waals surface area contributed by atoms with Gasteiger partial charge in [-0.3, -0.25) is 0 Å². The van der Waals surface area contributed by atoms with Gasteiger partial charge >= 0.3 is 0 Å². The molecular weight excluding hydrogens is 166 g/mol. The van der Waals surface area contributed by atoms with E-state index < -0.39 is 0 Å². The molecule has 1 aliphatic rings. The van der Waals surface area contributed by atoms with Gasteiger partial charge in [0, 0.05) is 16.8 Å². The van der Waals surface area contributed by atoms with Crippen molar-refractivity contribution in [3.8, 4) is 0 Å². The summed E-state index contributed by atoms with van der Waals surface area (Å²) in [5.41, 5.74) is 0.360. The predicted octanol–water partition coefficient (Wildman–Crippen LogP) is 2.51. The van der Waals surface area contributed by atoms with Crippen molar-refractivity contribution in [2.24, 2.45) is 5.92 Å². The van der Waals surface area contributed by atoms with Crippen molar-refractivity contribution in [2.45, 2.75) is 51.4 Å². The predicted molar refractivity (Wildman–Crippen MR) is 57.8 cm³/mol. The molecule has 0 radical (unpaired) electrons. The van der Waals surface area contributed by atoms with Crippen molar-refractivity contribution in [3.05, 3.63) is 0 Å². The highest BCUT2D eigenvalue weighted by Crippen LogP contribution is 2.35. The Labute approximate surface area is 80.7 Å². The Balaban J connectivity index is 2.31. The summed E-state index contributed by atoms with van der Waals surface area (Å²) in [5, 5.41) is 4.34. The SMILES string of the molecule is CC(C)CSC1C(C)NC1(C)C. The van der Waals surface area contributed by atoms with Crippen LogP contribution in [-0.4, -0.2) is 22.6 Å². The maximum atomic E-state index is 3.53. The molecule has 1 saturated heterocycles. The number of hydrogen-bond acceptors (Lipinski definition) is 2. The van der Waals surface area contributed by atoms with E-state index in [-0.39, 0.29) is 0 Å². The van der Waals surface area contributed by atoms with Gasteiger partial charge in [0.05, 0.1) is 0 Å². The van der Waals surface area contributed by atoms with Crippen LogP contribution in [0.15, 0.2) is 0 Å². The average Bonchev–Trinajstić information content (AvgIpc) is 1.84. The van der Waals surface area contributed by atoms with Crippen LogP contribution < -0.4 is 5.32 Å². The molecule has 1 fully saturated rings. The zero-order chi connectivity index (χ0) is 9.35. The molecule has 0 spiro atoms. The molecule has 0 saturated carbocycles. The molecule has 0 aromatic carbocycles. The summed E-state index contributed by atoms with van der Waals surface area (Å²) in [6.45, 7) is 11.5. The van der Waals surface area contributed by atoms with Gasteiger partial charge in [0.2, 0.25) is 0 Å². The Morgan fingerprint density at radius 3 is 2.33 bits per heavy atom. The summed E-state index contributed by atoms with van der Waals surface area (Å²) in [6.07, 6.45) is 0. The van der Waals surface area contributed by atoms with Crippen molar-refractivity contribution >= 4 is 11.8 Å². The summed E-state index contributed by atoms with van der Waals surface area (Å²) < 4.78 is 0. The molecule has 0 bridgehead atoms. The number of nitrogens with one attached hydrogen (secondary N) is 1. The molecule has 2 heteroatoms. The molecule has 0 aromatic heterocycles. The molecule has 2 unspecified atom stereocenters. The molecule has 0 aliphatic carbocycles. The first kappa shape index (κ1) is 10.4. The Morgan fingerprint density at radius 1 is 1.42 bits per heavy atom. The van der Waals surface area contributed by atoms with Crippen molar-refractivity contribution < 1.29 is 0 Å². The molecular formula is C10H21NS. The standard InChI is InChI=1S/C10H21NS/c1-7(2)6-12-9-8(3)11-10(9,4)5/h7-9,11H,6H2,1-5H3. The first-order valence-electron chi connectivity index (χ1n) is 4.83. The second-order valence-electron chi connectivity index (χ2n) is 4.80. The number of thioether (sulfide) groups is 1. The van der Waals surface area contributed by atoms with Gasteiger partial charge in [-0.05, 0) is 32.4 Å². The van der Waals surface area contributed by atoms with Crippen molar-refractivity contribution in [3.63, 3.8) is 0 Å². The summed E-state index contributed by atoms with van der Waals surface area (Å²) in [4.78, 5) is 0. The second kappa shape index (κ2) is 3.59. The summed E-state index contributed by atoms with van der Waals surface area (Å²) in [7, 11) is 0. The Morgan fingerprint density at radius 2 is 2.00 bits per heavy atom. The van der Waals surface area contributed by atoms with Gasteiger partial charge in [-0.25, -0.2) is 0 Å². The van der Waals surface area contributed by atoms with Gasteiger partial charge in [-0.1, -0.05) is 13.8 Å². The highest BCUT2D eigenvalue weighted by Gasteiger charge is 2.44. The fourth-order valence-corrected chi connectivity index (χ4v) is 3.36. The van der Waals surface area contributed by atoms with Gasteiger partial charge < -0.3 is 5.32 Å². The third-order valence-corrected chi connectivity index (χ3v) is 4.59. The number of rotatable bonds is 3. The summed E-state index contributed by atoms with van der Waals surface area (Å²) >= 11 is 2.12. The monoisotopic (exact) mass is 187 g/mol. The molecule has 1 aliphatic heterocycles. The summed E-state index contributed by atoms with van der Waals surface area (Å²) in [5.74, 6) is 2.11. The fourth-order valence-electron chi connectivity index (χ4n) is 1.92. The fraction of sp³-hybridized carbons (Fsp3) is 1.00. The maximum absolute atomic E-state index is 3.53. The van der Waals surface area contributed by atoms with Crippen LogP contribution in [0.3, 0.4) is 0 Å². The Hall–Kier alpha value is 0.310. The lowest BCUT2D eigenvalue weighted by molar-refractivity contribution is 0.203. The quantitative estimate of drug-likeness (QED) is 0.728. The van der Waals surface area contributed by atoms with Crippen LogP contribution in [0.5, 0.6) is 0 Å². The zero-order valence-electron chi connectivity index (χ0n) is 8.85. The highest BCUT2D eigenvalue weighted by molar-refractivity contribution is 8.00. The minimum absolute atomic E-state index is 0.360. The molecule has 1 nitrogen and oxygen atoms in total. The van der Waals surface area contributed by atoms with Crippen LogP contribution >= 0.6 is 11.8 Å². The van der Waals surface area contributed by atoms with E-state index in [1.165, 1.54) is 5.75 Å². The largest absolute Gasteiger partial charge is 0.307 e. The second-order valence-corrected chi connectivity index (χ2v) is 5.98. The van der Waals surface area contributed by atoms with E-state index in [4.69, 9.17) is 0 Å². The van der Waals surface area contributed by atoms with E-state index in [1.54, 1.807) is 0 Å². The lowest BCUT2D eigenvalue weighted by atomic mass is 9.85. The van der Waals surface area contributed by atoms with Gasteiger partial charge in [0.1, 0.15) is 0 Å². The average molecular weight is 187 g/mol. The van der Waals surface area contributed by atoms with E-state index in [9.17, 15) is 0 Å². The first-order chi connectivity index (χ1) is 5.43. The Bertz CT molecular complexity index is 154. The van der Waals surface area contributed by atoms with Crippen molar-refractivity contribution in [1.29, 1.82) is 0 Å². The van der Waals surface area contributed by atoms with Gasteiger partial charge in [-0.2, -0.15) is 11.8 Å². The molecule has 0 amide bonds. The van der Waals surface area contributed by atoms with E-state index >= 15 is 0 Å². The van der Waals surface area contributed by atoms with Crippen LogP contribution in [0.2, 0.25) is 0 Å². The van der Waals surface area contributed by atoms with E-state index in [0.717, 1.165) is 11.2 Å². The van der Waals surface area contributed by atoms with Crippen LogP contribution in [0, 0.1) is 5.92 Å². The minimum Gasteiger partial charge on any atom is -0.307 e. The van der Waals surface area contributed by atoms with E-state index in [0.29, 0.717) is 11.6 Å². The first-order valence-corrected chi connectivity index (χ1v) is 5.87. The smallest absolute Gasteiger partial charge is 0.0375 e. The normalized spacial score (nSPS) is 33.5. The topological polar surface area (TPSA) is 12.0 Å². The third kappa shape index (κ3) is 2.17. The van der Waals surface area contributed by atoms with E-state index in [2.05, 4.69) is 51.7 Å². The zero-order valence-corrected chi connectivity index (χ0v) is 9.66. The van der Waals surface area contributed by atoms with Crippen LogP contribution in [0.25, 0.3) is 0 Å². The third-order valence-electron chi connectivity index (χ3n) is 2.37. The van der Waals surface area contributed by atoms with Gasteiger partial charge in [0.15, 0.2) is 0 Å². The van der Waals surface area contributed by atoms with Crippen molar-refractivity contribution in [2.75, 3.05) is 5.75 Å². The molecule has 72 valence electrons. The van der Waals surface area contributed by atoms with Gasteiger partial charge in [0.25, 0.3) is 0 Å². The molecule has 0 aromatic rings. The van der Waals surface area contributed by atoms with Crippen LogP contribution in [0.4, 0.5) is 0 Å². The lowest BCUT2D eigenvalue weighted by Gasteiger charge is -2.51. The van der Waals surface area contributed by atoms with Crippen molar-refractivity contribution in [1.82, 2.24) is 5.32 Å². The maximum Gasteiger partial charge on any atom is 0.0375 e. The number of hydrogen-bond donors (Lipinski definition) is 1. The molecule has 1 N–H and O–H groups in total. The molecule has 12 heavy (non-hydrogen) atoms. The van der Waals surface area contributed by atoms with Gasteiger partial charge in [-0.15, -0.1) is 0 Å². The lowest BCUT2D eigenvalue weighted by Crippen LogP contribution is -2.69. The molecule has 2 atom stereocenters. The molecule has 1 heterocycles. The highest BCUT2D eigenvalue weighted by atomic mass is 32.2. The molecule has 1 rings (SSSR count). The summed E-state index contributed by atoms with van der Waals surface area (Å²) in [6, 6.07) is 0.698. The van der Waals surface area contributed by atoms with Crippen LogP contribution in [0.1, 0.15) is 34.6 Å². The van der Waals surface area contributed by atoms with Crippen LogP contribution in [-0.2, 0) is 0 Å².